The Kier molecular flexibility index (Phi) is 4.32. The van der Waals surface area contributed by atoms with Gasteiger partial charge in [-0.05, 0) is 43.2 Å². The van der Waals surface area contributed by atoms with Gasteiger partial charge in [-0.3, -0.25) is 4.98 Å². The average molecular weight is 349 g/mol. The molecule has 130 valence electrons. The van der Waals surface area contributed by atoms with Crippen LogP contribution in [0.25, 0.3) is 11.5 Å². The fourth-order valence-corrected chi connectivity index (χ4v) is 3.20. The summed E-state index contributed by atoms with van der Waals surface area (Å²) in [5.41, 5.74) is 1.54. The molecule has 2 aromatic heterocycles. The number of benzene rings is 1. The molecule has 0 spiro atoms. The minimum absolute atomic E-state index is 0.151. The highest BCUT2D eigenvalue weighted by atomic mass is 19.1. The molecule has 0 N–H and O–H groups in total. The molecule has 0 unspecified atom stereocenters. The number of hydrogen-bond donors (Lipinski definition) is 0. The van der Waals surface area contributed by atoms with E-state index in [4.69, 9.17) is 9.78 Å². The summed E-state index contributed by atoms with van der Waals surface area (Å²) in [7, 11) is 0. The second-order valence-corrected chi connectivity index (χ2v) is 6.21. The third-order valence-corrected chi connectivity index (χ3v) is 4.60. The number of anilines is 1. The van der Waals surface area contributed by atoms with Crippen molar-refractivity contribution in [2.75, 3.05) is 18.0 Å². The Balaban J connectivity index is 1.44. The van der Waals surface area contributed by atoms with Crippen LogP contribution in [0.1, 0.15) is 30.2 Å². The van der Waals surface area contributed by atoms with Crippen LogP contribution in [0.2, 0.25) is 0 Å². The van der Waals surface area contributed by atoms with Crippen LogP contribution in [0.4, 0.5) is 10.1 Å². The Morgan fingerprint density at radius 2 is 2.04 bits per heavy atom. The van der Waals surface area contributed by atoms with E-state index in [1.807, 2.05) is 29.2 Å². The minimum atomic E-state index is -0.363. The number of nitriles is 1. The van der Waals surface area contributed by atoms with Crippen molar-refractivity contribution in [2.24, 2.45) is 0 Å². The zero-order valence-electron chi connectivity index (χ0n) is 14.0. The summed E-state index contributed by atoms with van der Waals surface area (Å²) >= 11 is 0. The minimum Gasteiger partial charge on any atom is -0.369 e. The summed E-state index contributed by atoms with van der Waals surface area (Å²) in [6.07, 6.45) is 3.28. The van der Waals surface area contributed by atoms with Gasteiger partial charge in [0.15, 0.2) is 0 Å². The van der Waals surface area contributed by atoms with Gasteiger partial charge in [0.2, 0.25) is 11.7 Å². The molecule has 7 heteroatoms. The maximum Gasteiger partial charge on any atom is 0.230 e. The lowest BCUT2D eigenvalue weighted by Crippen LogP contribution is -2.33. The molecular formula is C19H16FN5O. The van der Waals surface area contributed by atoms with E-state index >= 15 is 0 Å². The molecule has 1 aliphatic heterocycles. The van der Waals surface area contributed by atoms with Crippen molar-refractivity contribution in [1.29, 1.82) is 5.26 Å². The first kappa shape index (κ1) is 16.2. The number of aromatic nitrogens is 3. The first-order valence-electron chi connectivity index (χ1n) is 8.44. The fraction of sp³-hybridized carbons (Fsp3) is 0.263. The van der Waals surface area contributed by atoms with Crippen molar-refractivity contribution < 1.29 is 8.91 Å². The molecule has 0 atom stereocenters. The quantitative estimate of drug-likeness (QED) is 0.720. The van der Waals surface area contributed by atoms with Gasteiger partial charge in [0.25, 0.3) is 0 Å². The Hall–Kier alpha value is -3.27. The highest BCUT2D eigenvalue weighted by molar-refractivity contribution is 5.51. The predicted molar refractivity (Wildman–Crippen MR) is 92.8 cm³/mol. The molecule has 0 amide bonds. The molecule has 0 bridgehead atoms. The molecule has 3 heterocycles. The monoisotopic (exact) mass is 349 g/mol. The summed E-state index contributed by atoms with van der Waals surface area (Å²) in [6, 6.07) is 12.1. The number of rotatable bonds is 3. The third kappa shape index (κ3) is 3.14. The van der Waals surface area contributed by atoms with Gasteiger partial charge < -0.3 is 9.42 Å². The molecule has 4 rings (SSSR count). The zero-order valence-corrected chi connectivity index (χ0v) is 14.0. The van der Waals surface area contributed by atoms with E-state index in [0.717, 1.165) is 12.8 Å². The normalized spacial score (nSPS) is 15.0. The van der Waals surface area contributed by atoms with Crippen molar-refractivity contribution in [3.63, 3.8) is 0 Å². The van der Waals surface area contributed by atoms with E-state index in [0.29, 0.717) is 41.7 Å². The number of pyridine rings is 1. The smallest absolute Gasteiger partial charge is 0.230 e. The van der Waals surface area contributed by atoms with E-state index in [-0.39, 0.29) is 11.7 Å². The number of hydrogen-bond acceptors (Lipinski definition) is 6. The Morgan fingerprint density at radius 1 is 1.19 bits per heavy atom. The summed E-state index contributed by atoms with van der Waals surface area (Å²) in [4.78, 5) is 10.7. The van der Waals surface area contributed by atoms with Gasteiger partial charge >= 0.3 is 0 Å². The van der Waals surface area contributed by atoms with Crippen LogP contribution in [0.3, 0.4) is 0 Å². The van der Waals surface area contributed by atoms with Crippen molar-refractivity contribution in [1.82, 2.24) is 15.1 Å². The van der Waals surface area contributed by atoms with Gasteiger partial charge in [-0.15, -0.1) is 0 Å². The lowest BCUT2D eigenvalue weighted by Gasteiger charge is -2.32. The van der Waals surface area contributed by atoms with E-state index < -0.39 is 0 Å². The van der Waals surface area contributed by atoms with Gasteiger partial charge in [0, 0.05) is 25.2 Å². The molecule has 0 radical (unpaired) electrons. The lowest BCUT2D eigenvalue weighted by atomic mass is 9.96. The summed E-state index contributed by atoms with van der Waals surface area (Å²) < 4.78 is 19.6. The highest BCUT2D eigenvalue weighted by Gasteiger charge is 2.26. The molecule has 3 aromatic rings. The van der Waals surface area contributed by atoms with Crippen LogP contribution in [0.5, 0.6) is 0 Å². The van der Waals surface area contributed by atoms with Gasteiger partial charge in [-0.2, -0.15) is 10.2 Å². The molecule has 0 aliphatic carbocycles. The predicted octanol–water partition coefficient (Wildman–Crippen LogP) is 3.53. The van der Waals surface area contributed by atoms with Gasteiger partial charge in [0.1, 0.15) is 11.5 Å². The standard InChI is InChI=1S/C19H16FN5O/c20-15-11-13(12-21)4-5-17(15)25-9-6-14(7-10-25)19-23-18(24-26-19)16-3-1-2-8-22-16/h1-5,8,11,14H,6-7,9-10H2. The SMILES string of the molecule is N#Cc1ccc(N2CCC(c3nc(-c4ccccn4)no3)CC2)c(F)c1. The van der Waals surface area contributed by atoms with Crippen molar-refractivity contribution in [2.45, 2.75) is 18.8 Å². The second kappa shape index (κ2) is 6.92. The first-order valence-corrected chi connectivity index (χ1v) is 8.44. The third-order valence-electron chi connectivity index (χ3n) is 4.60. The molecule has 1 saturated heterocycles. The average Bonchev–Trinajstić information content (AvgIpc) is 3.19. The van der Waals surface area contributed by atoms with Crippen LogP contribution < -0.4 is 4.90 Å². The highest BCUT2D eigenvalue weighted by Crippen LogP contribution is 2.31. The Labute approximate surface area is 149 Å². The maximum atomic E-state index is 14.2. The largest absolute Gasteiger partial charge is 0.369 e. The molecule has 26 heavy (non-hydrogen) atoms. The molecular weight excluding hydrogens is 333 g/mol. The summed E-state index contributed by atoms with van der Waals surface area (Å²) in [6.45, 7) is 1.38. The number of piperidine rings is 1. The van der Waals surface area contributed by atoms with Crippen LogP contribution in [-0.2, 0) is 0 Å². The van der Waals surface area contributed by atoms with Gasteiger partial charge in [-0.1, -0.05) is 11.2 Å². The lowest BCUT2D eigenvalue weighted by molar-refractivity contribution is 0.329. The zero-order chi connectivity index (χ0) is 17.9. The van der Waals surface area contributed by atoms with Crippen molar-refractivity contribution in [3.05, 3.63) is 59.9 Å². The number of nitrogens with zero attached hydrogens (tertiary/aromatic N) is 5. The van der Waals surface area contributed by atoms with E-state index in [1.165, 1.54) is 6.07 Å². The number of halogens is 1. The maximum absolute atomic E-state index is 14.2. The van der Waals surface area contributed by atoms with E-state index in [2.05, 4.69) is 15.1 Å². The fourth-order valence-electron chi connectivity index (χ4n) is 3.20. The molecule has 0 saturated carbocycles. The topological polar surface area (TPSA) is 78.8 Å². The molecule has 6 nitrogen and oxygen atoms in total. The van der Waals surface area contributed by atoms with Crippen LogP contribution in [0.15, 0.2) is 47.1 Å². The van der Waals surface area contributed by atoms with Crippen molar-refractivity contribution in [3.8, 4) is 17.6 Å². The van der Waals surface area contributed by atoms with Gasteiger partial charge in [0.05, 0.1) is 17.3 Å². The summed E-state index contributed by atoms with van der Waals surface area (Å²) in [5, 5.41) is 12.9. The Bertz CT molecular complexity index is 942. The summed E-state index contributed by atoms with van der Waals surface area (Å²) in [5.74, 6) is 0.877. The molecule has 1 fully saturated rings. The second-order valence-electron chi connectivity index (χ2n) is 6.21. The van der Waals surface area contributed by atoms with Crippen LogP contribution in [-0.4, -0.2) is 28.2 Å². The van der Waals surface area contributed by atoms with E-state index in [9.17, 15) is 4.39 Å². The first-order chi connectivity index (χ1) is 12.7. The molecule has 1 aromatic carbocycles. The van der Waals surface area contributed by atoms with Crippen LogP contribution >= 0.6 is 0 Å². The molecule has 1 aliphatic rings. The van der Waals surface area contributed by atoms with Crippen LogP contribution in [0, 0.1) is 17.1 Å². The van der Waals surface area contributed by atoms with Crippen molar-refractivity contribution >= 4 is 5.69 Å². The Morgan fingerprint density at radius 3 is 2.73 bits per heavy atom. The van der Waals surface area contributed by atoms with Gasteiger partial charge in [-0.25, -0.2) is 4.39 Å². The van der Waals surface area contributed by atoms with E-state index in [1.54, 1.807) is 18.3 Å².